The van der Waals surface area contributed by atoms with E-state index >= 15 is 0 Å². The second kappa shape index (κ2) is 4.81. The van der Waals surface area contributed by atoms with Crippen molar-refractivity contribution in [2.24, 2.45) is 0 Å². The quantitative estimate of drug-likeness (QED) is 0.733. The molecule has 0 saturated carbocycles. The fourth-order valence-electron chi connectivity index (χ4n) is 2.21. The van der Waals surface area contributed by atoms with Crippen LogP contribution in [0, 0.1) is 0 Å². The van der Waals surface area contributed by atoms with Crippen LogP contribution in [0.5, 0.6) is 0 Å². The second-order valence-electron chi connectivity index (χ2n) is 4.34. The molecule has 0 aliphatic carbocycles. The van der Waals surface area contributed by atoms with Crippen LogP contribution < -0.4 is 5.59 Å². The van der Waals surface area contributed by atoms with E-state index in [1.54, 1.807) is 42.5 Å². The van der Waals surface area contributed by atoms with Gasteiger partial charge in [-0.1, -0.05) is 36.4 Å². The van der Waals surface area contributed by atoms with Crippen LogP contribution in [0.4, 0.5) is 0 Å². The third-order valence-corrected chi connectivity index (χ3v) is 4.86. The number of para-hydroxylation sites is 1. The summed E-state index contributed by atoms with van der Waals surface area (Å²) < 4.78 is 26.6. The van der Waals surface area contributed by atoms with Crippen LogP contribution in [0.1, 0.15) is 0 Å². The molecule has 1 radical (unpaired) electrons. The molecule has 2 aromatic carbocycles. The summed E-state index contributed by atoms with van der Waals surface area (Å²) in [5, 5.41) is 10.1. The van der Waals surface area contributed by atoms with Crippen molar-refractivity contribution in [3.05, 3.63) is 60.7 Å². The van der Waals surface area contributed by atoms with Gasteiger partial charge in [0.2, 0.25) is 0 Å². The zero-order valence-electron chi connectivity index (χ0n) is 10.5. The van der Waals surface area contributed by atoms with Crippen molar-refractivity contribution < 1.29 is 13.4 Å². The van der Waals surface area contributed by atoms with Gasteiger partial charge in [-0.05, 0) is 24.3 Å². The minimum atomic E-state index is -3.74. The largest absolute Gasteiger partial charge is 0.449 e. The van der Waals surface area contributed by atoms with Crippen LogP contribution >= 0.6 is 0 Å². The van der Waals surface area contributed by atoms with E-state index in [0.29, 0.717) is 5.52 Å². The van der Waals surface area contributed by atoms with Crippen LogP contribution in [0.2, 0.25) is 0 Å². The lowest BCUT2D eigenvalue weighted by Gasteiger charge is -2.10. The van der Waals surface area contributed by atoms with Crippen molar-refractivity contribution in [3.63, 3.8) is 0 Å². The minimum absolute atomic E-state index is 0.185. The normalized spacial score (nSPS) is 11.7. The Kier molecular flexibility index (Phi) is 3.12. The zero-order valence-corrected chi connectivity index (χ0v) is 11.3. The maximum Gasteiger partial charge on any atom is 0.347 e. The summed E-state index contributed by atoms with van der Waals surface area (Å²) in [5.74, 6) is 0. The number of rotatable bonds is 3. The maximum atomic E-state index is 12.7. The number of benzene rings is 2. The van der Waals surface area contributed by atoms with E-state index in [1.165, 1.54) is 12.1 Å². The molecule has 0 saturated heterocycles. The summed E-state index contributed by atoms with van der Waals surface area (Å²) in [6.07, 6.45) is 0. The van der Waals surface area contributed by atoms with Crippen LogP contribution in [0.25, 0.3) is 10.9 Å². The van der Waals surface area contributed by atoms with Crippen molar-refractivity contribution in [3.8, 4) is 0 Å². The first-order valence-electron chi connectivity index (χ1n) is 6.03. The fourth-order valence-corrected chi connectivity index (χ4v) is 3.72. The molecule has 0 bridgehead atoms. The van der Waals surface area contributed by atoms with Crippen molar-refractivity contribution >= 4 is 34.0 Å². The van der Waals surface area contributed by atoms with Gasteiger partial charge in [0.15, 0.2) is 0 Å². The molecule has 4 nitrogen and oxygen atoms in total. The SMILES string of the molecule is O=S(=O)(c1ccccc1)n1c([B]O)cc2ccccc21. The van der Waals surface area contributed by atoms with Gasteiger partial charge in [0.1, 0.15) is 0 Å². The summed E-state index contributed by atoms with van der Waals surface area (Å²) in [7, 11) is -2.93. The molecule has 0 amide bonds. The van der Waals surface area contributed by atoms with Crippen LogP contribution in [0.3, 0.4) is 0 Å². The van der Waals surface area contributed by atoms with E-state index in [9.17, 15) is 13.4 Å². The molecule has 0 aliphatic heterocycles. The molecular weight excluding hydrogens is 273 g/mol. The summed E-state index contributed by atoms with van der Waals surface area (Å²) in [4.78, 5) is 0.185. The number of aromatic nitrogens is 1. The summed E-state index contributed by atoms with van der Waals surface area (Å²) in [5.41, 5.74) is 0.770. The van der Waals surface area contributed by atoms with Gasteiger partial charge in [-0.25, -0.2) is 12.4 Å². The Morgan fingerprint density at radius 2 is 1.60 bits per heavy atom. The van der Waals surface area contributed by atoms with Crippen LogP contribution in [0.15, 0.2) is 65.6 Å². The summed E-state index contributed by atoms with van der Waals surface area (Å²) in [6, 6.07) is 16.9. The lowest BCUT2D eigenvalue weighted by Crippen LogP contribution is -2.29. The van der Waals surface area contributed by atoms with Crippen molar-refractivity contribution in [1.29, 1.82) is 0 Å². The highest BCUT2D eigenvalue weighted by atomic mass is 32.2. The first-order chi connectivity index (χ1) is 9.64. The molecule has 1 N–H and O–H groups in total. The molecule has 0 unspecified atom stereocenters. The van der Waals surface area contributed by atoms with Crippen molar-refractivity contribution in [2.45, 2.75) is 4.90 Å². The van der Waals surface area contributed by atoms with E-state index in [0.717, 1.165) is 16.8 Å². The van der Waals surface area contributed by atoms with Gasteiger partial charge in [-0.15, -0.1) is 0 Å². The van der Waals surface area contributed by atoms with Gasteiger partial charge >= 0.3 is 7.48 Å². The molecule has 99 valence electrons. The molecular formula is C14H11BNO3S. The van der Waals surface area contributed by atoms with Gasteiger partial charge in [-0.3, -0.25) is 0 Å². The van der Waals surface area contributed by atoms with E-state index in [2.05, 4.69) is 0 Å². The van der Waals surface area contributed by atoms with Gasteiger partial charge < -0.3 is 5.02 Å². The lowest BCUT2D eigenvalue weighted by molar-refractivity contribution is 0.587. The lowest BCUT2D eigenvalue weighted by atomic mass is 9.97. The first kappa shape index (κ1) is 13.0. The highest BCUT2D eigenvalue weighted by Gasteiger charge is 2.22. The van der Waals surface area contributed by atoms with Crippen molar-refractivity contribution in [1.82, 2.24) is 3.97 Å². The number of hydrogen-bond donors (Lipinski definition) is 1. The Morgan fingerprint density at radius 3 is 2.30 bits per heavy atom. The van der Waals surface area contributed by atoms with Gasteiger partial charge in [0, 0.05) is 11.0 Å². The molecule has 6 heteroatoms. The average Bonchev–Trinajstić information content (AvgIpc) is 2.87. The van der Waals surface area contributed by atoms with E-state index < -0.39 is 10.0 Å². The van der Waals surface area contributed by atoms with Gasteiger partial charge in [-0.2, -0.15) is 0 Å². The molecule has 0 fully saturated rings. The topological polar surface area (TPSA) is 59.3 Å². The molecule has 3 rings (SSSR count). The van der Waals surface area contributed by atoms with E-state index in [4.69, 9.17) is 0 Å². The molecule has 0 atom stereocenters. The van der Waals surface area contributed by atoms with Gasteiger partial charge in [0.25, 0.3) is 10.0 Å². The van der Waals surface area contributed by atoms with Gasteiger partial charge in [0.05, 0.1) is 10.4 Å². The Hall–Kier alpha value is -2.05. The number of nitrogens with zero attached hydrogens (tertiary/aromatic N) is 1. The molecule has 20 heavy (non-hydrogen) atoms. The van der Waals surface area contributed by atoms with E-state index in [-0.39, 0.29) is 10.5 Å². The van der Waals surface area contributed by atoms with Crippen molar-refractivity contribution in [2.75, 3.05) is 0 Å². The van der Waals surface area contributed by atoms with E-state index in [1.807, 2.05) is 6.07 Å². The average molecular weight is 284 g/mol. The predicted molar refractivity (Wildman–Crippen MR) is 78.6 cm³/mol. The van der Waals surface area contributed by atoms with Crippen LogP contribution in [-0.2, 0) is 10.0 Å². The molecule has 0 aliphatic rings. The highest BCUT2D eigenvalue weighted by Crippen LogP contribution is 2.20. The second-order valence-corrected chi connectivity index (χ2v) is 6.13. The summed E-state index contributed by atoms with van der Waals surface area (Å²) >= 11 is 0. The summed E-state index contributed by atoms with van der Waals surface area (Å²) in [6.45, 7) is 0. The highest BCUT2D eigenvalue weighted by molar-refractivity contribution is 7.90. The monoisotopic (exact) mass is 284 g/mol. The predicted octanol–water partition coefficient (Wildman–Crippen LogP) is 1.12. The molecule has 0 spiro atoms. The molecule has 3 aromatic rings. The maximum absolute atomic E-state index is 12.7. The van der Waals surface area contributed by atoms with Crippen LogP contribution in [-0.4, -0.2) is 24.9 Å². The standard InChI is InChI=1S/C14H11BNO3S/c17-15-14-10-11-6-4-5-9-13(11)16(14)20(18,19)12-7-2-1-3-8-12/h1-10,17H. The first-order valence-corrected chi connectivity index (χ1v) is 7.47. The third kappa shape index (κ3) is 1.93. The smallest absolute Gasteiger partial charge is 0.347 e. The molecule has 1 aromatic heterocycles. The number of hydrogen-bond acceptors (Lipinski definition) is 3. The Morgan fingerprint density at radius 1 is 0.950 bits per heavy atom. The number of fused-ring (bicyclic) bond motifs is 1. The Bertz CT molecular complexity index is 857. The third-order valence-electron chi connectivity index (χ3n) is 3.11. The fraction of sp³-hybridized carbons (Fsp3) is 0. The Labute approximate surface area is 117 Å². The Balaban J connectivity index is 2.34. The minimum Gasteiger partial charge on any atom is -0.449 e. The molecule has 1 heterocycles. The zero-order chi connectivity index (χ0) is 14.2.